The zero-order valence-electron chi connectivity index (χ0n) is 19.6. The number of halogens is 1. The first kappa shape index (κ1) is 25.1. The van der Waals surface area contributed by atoms with Crippen molar-refractivity contribution in [2.75, 3.05) is 38.6 Å². The standard InChI is InChI=1S/C24H29ClN4O3S2/c1-17-7-4-9-21-22(17)26-24(33-21)28(15-6-14-27(2)3)23(30)20-8-5-16-29(20)34(31,32)19-12-10-18(25)11-13-19/h4,7,9-13,20H,5-6,8,14-16H2,1-3H3. The first-order valence-corrected chi connectivity index (χ1v) is 13.9. The van der Waals surface area contributed by atoms with E-state index in [1.807, 2.05) is 39.2 Å². The van der Waals surface area contributed by atoms with Gasteiger partial charge in [-0.3, -0.25) is 9.69 Å². The Morgan fingerprint density at radius 2 is 1.91 bits per heavy atom. The summed E-state index contributed by atoms with van der Waals surface area (Å²) in [6.07, 6.45) is 1.87. The SMILES string of the molecule is Cc1cccc2sc(N(CCCN(C)C)C(=O)C3CCCN3S(=O)(=O)c3ccc(Cl)cc3)nc12. The van der Waals surface area contributed by atoms with Crippen molar-refractivity contribution in [3.8, 4) is 0 Å². The first-order valence-electron chi connectivity index (χ1n) is 11.3. The molecule has 2 aromatic carbocycles. The Hall–Kier alpha value is -2.04. The number of benzene rings is 2. The van der Waals surface area contributed by atoms with Crippen molar-refractivity contribution in [1.29, 1.82) is 0 Å². The summed E-state index contributed by atoms with van der Waals surface area (Å²) in [4.78, 5) is 22.6. The zero-order chi connectivity index (χ0) is 24.5. The van der Waals surface area contributed by atoms with Crippen LogP contribution < -0.4 is 4.90 Å². The molecule has 7 nitrogen and oxygen atoms in total. The van der Waals surface area contributed by atoms with Crippen LogP contribution in [-0.2, 0) is 14.8 Å². The van der Waals surface area contributed by atoms with Gasteiger partial charge in [0.15, 0.2) is 5.13 Å². The third-order valence-corrected chi connectivity index (χ3v) is 9.22. The molecule has 1 unspecified atom stereocenters. The highest BCUT2D eigenvalue weighted by Crippen LogP contribution is 2.34. The number of amides is 1. The molecule has 0 radical (unpaired) electrons. The average molecular weight is 521 g/mol. The van der Waals surface area contributed by atoms with Crippen molar-refractivity contribution in [3.05, 3.63) is 53.1 Å². The number of hydrogen-bond acceptors (Lipinski definition) is 6. The molecule has 1 saturated heterocycles. The molecule has 0 bridgehead atoms. The molecule has 4 rings (SSSR count). The van der Waals surface area contributed by atoms with Crippen LogP contribution in [0.25, 0.3) is 10.2 Å². The summed E-state index contributed by atoms with van der Waals surface area (Å²) in [6, 6.07) is 11.3. The fourth-order valence-electron chi connectivity index (χ4n) is 4.23. The molecule has 1 amide bonds. The molecule has 1 atom stereocenters. The molecule has 0 N–H and O–H groups in total. The Labute approximate surface area is 210 Å². The van der Waals surface area contributed by atoms with Gasteiger partial charge in [-0.2, -0.15) is 4.31 Å². The van der Waals surface area contributed by atoms with Crippen molar-refractivity contribution in [2.24, 2.45) is 0 Å². The van der Waals surface area contributed by atoms with E-state index in [1.54, 1.807) is 17.0 Å². The van der Waals surface area contributed by atoms with Gasteiger partial charge in [0.25, 0.3) is 0 Å². The second-order valence-corrected chi connectivity index (χ2v) is 12.1. The van der Waals surface area contributed by atoms with Crippen LogP contribution in [0.3, 0.4) is 0 Å². The van der Waals surface area contributed by atoms with Crippen LogP contribution in [-0.4, -0.2) is 68.3 Å². The van der Waals surface area contributed by atoms with E-state index < -0.39 is 16.1 Å². The van der Waals surface area contributed by atoms with Crippen LogP contribution in [0.4, 0.5) is 5.13 Å². The third-order valence-electron chi connectivity index (χ3n) is 6.00. The van der Waals surface area contributed by atoms with E-state index in [1.165, 1.54) is 27.8 Å². The van der Waals surface area contributed by atoms with E-state index in [-0.39, 0.29) is 10.8 Å². The van der Waals surface area contributed by atoms with Crippen LogP contribution in [0.2, 0.25) is 5.02 Å². The Morgan fingerprint density at radius 1 is 1.18 bits per heavy atom. The Bertz CT molecular complexity index is 1280. The van der Waals surface area contributed by atoms with Gasteiger partial charge in [-0.25, -0.2) is 13.4 Å². The molecular weight excluding hydrogens is 492 g/mol. The minimum absolute atomic E-state index is 0.145. The van der Waals surface area contributed by atoms with Crippen molar-refractivity contribution in [2.45, 2.75) is 37.1 Å². The van der Waals surface area contributed by atoms with Gasteiger partial charge in [-0.05, 0) is 82.7 Å². The van der Waals surface area contributed by atoms with Gasteiger partial charge in [0.2, 0.25) is 15.9 Å². The molecule has 1 aliphatic heterocycles. The van der Waals surface area contributed by atoms with Gasteiger partial charge in [0.05, 0.1) is 15.1 Å². The van der Waals surface area contributed by atoms with Crippen LogP contribution in [0.1, 0.15) is 24.8 Å². The molecule has 34 heavy (non-hydrogen) atoms. The maximum Gasteiger partial charge on any atom is 0.247 e. The van der Waals surface area contributed by atoms with Crippen LogP contribution >= 0.6 is 22.9 Å². The normalized spacial score (nSPS) is 17.0. The monoisotopic (exact) mass is 520 g/mol. The molecule has 1 aromatic heterocycles. The number of aryl methyl sites for hydroxylation is 1. The summed E-state index contributed by atoms with van der Waals surface area (Å²) >= 11 is 7.42. The highest BCUT2D eigenvalue weighted by atomic mass is 35.5. The van der Waals surface area contributed by atoms with E-state index in [0.29, 0.717) is 36.1 Å². The molecule has 0 aliphatic carbocycles. The Balaban J connectivity index is 1.66. The summed E-state index contributed by atoms with van der Waals surface area (Å²) in [7, 11) is 0.153. The summed E-state index contributed by atoms with van der Waals surface area (Å²) < 4.78 is 29.2. The number of carbonyl (C=O) groups excluding carboxylic acids is 1. The number of sulfonamides is 1. The second-order valence-electron chi connectivity index (χ2n) is 8.79. The van der Waals surface area contributed by atoms with Crippen molar-refractivity contribution in [3.63, 3.8) is 0 Å². The van der Waals surface area contributed by atoms with E-state index in [2.05, 4.69) is 4.90 Å². The molecule has 10 heteroatoms. The number of rotatable bonds is 8. The summed E-state index contributed by atoms with van der Waals surface area (Å²) in [5, 5.41) is 1.08. The maximum absolute atomic E-state index is 13.9. The lowest BCUT2D eigenvalue weighted by atomic mass is 10.2. The molecule has 2 heterocycles. The summed E-state index contributed by atoms with van der Waals surface area (Å²) in [5.41, 5.74) is 1.93. The molecule has 3 aromatic rings. The lowest BCUT2D eigenvalue weighted by Crippen LogP contribution is -2.48. The predicted octanol–water partition coefficient (Wildman–Crippen LogP) is 4.40. The quantitative estimate of drug-likeness (QED) is 0.440. The smallest absolute Gasteiger partial charge is 0.247 e. The number of hydrogen-bond donors (Lipinski definition) is 0. The fourth-order valence-corrected chi connectivity index (χ4v) is 7.08. The Kier molecular flexibility index (Phi) is 7.59. The van der Waals surface area contributed by atoms with E-state index in [4.69, 9.17) is 16.6 Å². The van der Waals surface area contributed by atoms with Gasteiger partial charge in [-0.1, -0.05) is 35.1 Å². The van der Waals surface area contributed by atoms with Gasteiger partial charge >= 0.3 is 0 Å². The zero-order valence-corrected chi connectivity index (χ0v) is 22.0. The number of aromatic nitrogens is 1. The molecular formula is C24H29ClN4O3S2. The van der Waals surface area contributed by atoms with E-state index >= 15 is 0 Å². The molecule has 0 saturated carbocycles. The first-order chi connectivity index (χ1) is 16.2. The third kappa shape index (κ3) is 5.13. The number of fused-ring (bicyclic) bond motifs is 1. The highest BCUT2D eigenvalue weighted by Gasteiger charge is 2.42. The summed E-state index contributed by atoms with van der Waals surface area (Å²) in [5.74, 6) is -0.217. The average Bonchev–Trinajstić information content (AvgIpc) is 3.45. The van der Waals surface area contributed by atoms with Crippen LogP contribution in [0, 0.1) is 6.92 Å². The largest absolute Gasteiger partial charge is 0.309 e. The maximum atomic E-state index is 13.9. The predicted molar refractivity (Wildman–Crippen MR) is 138 cm³/mol. The Morgan fingerprint density at radius 3 is 2.59 bits per heavy atom. The minimum Gasteiger partial charge on any atom is -0.309 e. The van der Waals surface area contributed by atoms with Crippen molar-refractivity contribution in [1.82, 2.24) is 14.2 Å². The number of anilines is 1. The molecule has 1 fully saturated rings. The van der Waals surface area contributed by atoms with E-state index in [9.17, 15) is 13.2 Å². The number of thiazole rings is 1. The van der Waals surface area contributed by atoms with Gasteiger partial charge in [0, 0.05) is 18.1 Å². The van der Waals surface area contributed by atoms with Crippen LogP contribution in [0.5, 0.6) is 0 Å². The van der Waals surface area contributed by atoms with Gasteiger partial charge in [0.1, 0.15) is 6.04 Å². The summed E-state index contributed by atoms with van der Waals surface area (Å²) in [6.45, 7) is 3.60. The lowest BCUT2D eigenvalue weighted by Gasteiger charge is -2.29. The molecule has 1 aliphatic rings. The lowest BCUT2D eigenvalue weighted by molar-refractivity contribution is -0.121. The highest BCUT2D eigenvalue weighted by molar-refractivity contribution is 7.89. The van der Waals surface area contributed by atoms with Crippen molar-refractivity contribution < 1.29 is 13.2 Å². The fraction of sp³-hybridized carbons (Fsp3) is 0.417. The number of nitrogens with zero attached hydrogens (tertiary/aromatic N) is 4. The van der Waals surface area contributed by atoms with Gasteiger partial charge < -0.3 is 4.90 Å². The van der Waals surface area contributed by atoms with E-state index in [0.717, 1.165) is 28.7 Å². The van der Waals surface area contributed by atoms with Gasteiger partial charge in [-0.15, -0.1) is 0 Å². The van der Waals surface area contributed by atoms with Crippen LogP contribution in [0.15, 0.2) is 47.4 Å². The number of para-hydroxylation sites is 1. The molecule has 182 valence electrons. The van der Waals surface area contributed by atoms with Crippen molar-refractivity contribution >= 4 is 54.2 Å². The molecule has 0 spiro atoms. The second kappa shape index (κ2) is 10.3. The number of carbonyl (C=O) groups is 1. The minimum atomic E-state index is -3.83. The topological polar surface area (TPSA) is 73.8 Å².